The van der Waals surface area contributed by atoms with Crippen molar-refractivity contribution < 1.29 is 14.3 Å². The van der Waals surface area contributed by atoms with Gasteiger partial charge in [-0.05, 0) is 17.7 Å². The van der Waals surface area contributed by atoms with Crippen molar-refractivity contribution in [2.75, 3.05) is 25.6 Å². The van der Waals surface area contributed by atoms with Crippen molar-refractivity contribution in [2.45, 2.75) is 6.61 Å². The number of hydrogen-bond donors (Lipinski definition) is 1. The number of thiazole rings is 1. The van der Waals surface area contributed by atoms with Gasteiger partial charge in [0.05, 0.1) is 25.3 Å². The topological polar surface area (TPSA) is 60.5 Å². The van der Waals surface area contributed by atoms with Gasteiger partial charge in [-0.2, -0.15) is 0 Å². The van der Waals surface area contributed by atoms with E-state index in [4.69, 9.17) is 9.47 Å². The first kappa shape index (κ1) is 14.6. The maximum atomic E-state index is 11.9. The van der Waals surface area contributed by atoms with Crippen molar-refractivity contribution in [3.63, 3.8) is 0 Å². The molecule has 1 N–H and O–H groups in total. The van der Waals surface area contributed by atoms with Gasteiger partial charge in [-0.3, -0.25) is 4.79 Å². The van der Waals surface area contributed by atoms with Gasteiger partial charge in [-0.1, -0.05) is 12.1 Å². The van der Waals surface area contributed by atoms with Gasteiger partial charge in [0.1, 0.15) is 5.69 Å². The van der Waals surface area contributed by atoms with Crippen molar-refractivity contribution in [3.05, 3.63) is 46.4 Å². The first-order chi connectivity index (χ1) is 9.79. The quantitative estimate of drug-likeness (QED) is 0.797. The third kappa shape index (κ3) is 4.41. The van der Waals surface area contributed by atoms with Gasteiger partial charge in [0.15, 0.2) is 0 Å². The lowest BCUT2D eigenvalue weighted by atomic mass is 10.2. The number of carbonyl (C=O) groups excluding carboxylic acids is 1. The lowest BCUT2D eigenvalue weighted by Crippen LogP contribution is -2.12. The van der Waals surface area contributed by atoms with Gasteiger partial charge in [-0.15, -0.1) is 11.3 Å². The van der Waals surface area contributed by atoms with E-state index in [0.29, 0.717) is 25.5 Å². The number of methoxy groups -OCH3 is 1. The molecule has 1 amide bonds. The highest BCUT2D eigenvalue weighted by molar-refractivity contribution is 7.07. The molecule has 0 atom stereocenters. The second-order valence-corrected chi connectivity index (χ2v) is 4.79. The van der Waals surface area contributed by atoms with Crippen LogP contribution in [0.2, 0.25) is 0 Å². The first-order valence-electron chi connectivity index (χ1n) is 6.15. The predicted octanol–water partition coefficient (Wildman–Crippen LogP) is 2.56. The number of nitrogens with one attached hydrogen (secondary N) is 1. The van der Waals surface area contributed by atoms with Crippen LogP contribution in [0.15, 0.2) is 35.2 Å². The summed E-state index contributed by atoms with van der Waals surface area (Å²) in [6.45, 7) is 1.61. The van der Waals surface area contributed by atoms with Crippen LogP contribution in [0.1, 0.15) is 16.1 Å². The highest BCUT2D eigenvalue weighted by Gasteiger charge is 2.07. The number of aromatic nitrogens is 1. The summed E-state index contributed by atoms with van der Waals surface area (Å²) in [5, 5.41) is 4.53. The van der Waals surface area contributed by atoms with Crippen LogP contribution in [0, 0.1) is 0 Å². The van der Waals surface area contributed by atoms with Gasteiger partial charge in [0.2, 0.25) is 0 Å². The highest BCUT2D eigenvalue weighted by Crippen LogP contribution is 2.13. The van der Waals surface area contributed by atoms with E-state index in [1.54, 1.807) is 18.0 Å². The molecule has 2 rings (SSSR count). The number of ether oxygens (including phenoxy) is 2. The smallest absolute Gasteiger partial charge is 0.275 e. The zero-order valence-corrected chi connectivity index (χ0v) is 12.0. The Morgan fingerprint density at radius 3 is 3.05 bits per heavy atom. The molecular formula is C14H16N2O3S. The average Bonchev–Trinajstić information content (AvgIpc) is 2.98. The molecule has 1 aromatic heterocycles. The van der Waals surface area contributed by atoms with Gasteiger partial charge in [-0.25, -0.2) is 4.98 Å². The van der Waals surface area contributed by atoms with E-state index in [-0.39, 0.29) is 5.91 Å². The summed E-state index contributed by atoms with van der Waals surface area (Å²) in [5.41, 5.74) is 3.79. The molecule has 1 aromatic carbocycles. The number of benzene rings is 1. The standard InChI is InChI=1S/C14H16N2O3S/c1-18-5-6-19-8-11-3-2-4-12(7-11)16-14(17)13-9-20-10-15-13/h2-4,7,9-10H,5-6,8H2,1H3,(H,16,17). The summed E-state index contributed by atoms with van der Waals surface area (Å²) in [7, 11) is 1.64. The molecule has 1 heterocycles. The molecule has 0 aliphatic carbocycles. The Labute approximate surface area is 121 Å². The zero-order valence-electron chi connectivity index (χ0n) is 11.2. The Kier molecular flexibility index (Phi) is 5.67. The van der Waals surface area contributed by atoms with E-state index >= 15 is 0 Å². The summed E-state index contributed by atoms with van der Waals surface area (Å²) in [4.78, 5) is 15.8. The van der Waals surface area contributed by atoms with Crippen molar-refractivity contribution in [3.8, 4) is 0 Å². The lowest BCUT2D eigenvalue weighted by molar-refractivity contribution is 0.0617. The van der Waals surface area contributed by atoms with Crippen LogP contribution in [0.25, 0.3) is 0 Å². The molecule has 106 valence electrons. The SMILES string of the molecule is COCCOCc1cccc(NC(=O)c2cscn2)c1. The molecule has 0 unspecified atom stereocenters. The van der Waals surface area contributed by atoms with Crippen LogP contribution in [-0.4, -0.2) is 31.2 Å². The van der Waals surface area contributed by atoms with Gasteiger partial charge < -0.3 is 14.8 Å². The molecule has 0 saturated heterocycles. The minimum Gasteiger partial charge on any atom is -0.382 e. The molecule has 0 bridgehead atoms. The molecular weight excluding hydrogens is 276 g/mol. The van der Waals surface area contributed by atoms with Crippen LogP contribution in [0.4, 0.5) is 5.69 Å². The summed E-state index contributed by atoms with van der Waals surface area (Å²) in [5.74, 6) is -0.205. The summed E-state index contributed by atoms with van der Waals surface area (Å²) in [6, 6.07) is 7.55. The molecule has 2 aromatic rings. The number of carbonyl (C=O) groups is 1. The molecule has 0 aliphatic rings. The predicted molar refractivity (Wildman–Crippen MR) is 78.0 cm³/mol. The fourth-order valence-corrected chi connectivity index (χ4v) is 2.12. The van der Waals surface area contributed by atoms with Crippen LogP contribution in [0.3, 0.4) is 0 Å². The Morgan fingerprint density at radius 2 is 2.30 bits per heavy atom. The monoisotopic (exact) mass is 292 g/mol. The van der Waals surface area contributed by atoms with E-state index in [9.17, 15) is 4.79 Å². The van der Waals surface area contributed by atoms with Crippen molar-refractivity contribution in [1.29, 1.82) is 0 Å². The molecule has 20 heavy (non-hydrogen) atoms. The summed E-state index contributed by atoms with van der Waals surface area (Å²) in [6.07, 6.45) is 0. The van der Waals surface area contributed by atoms with Crippen LogP contribution in [-0.2, 0) is 16.1 Å². The molecule has 0 saturated carbocycles. The van der Waals surface area contributed by atoms with Crippen molar-refractivity contribution in [2.24, 2.45) is 0 Å². The van der Waals surface area contributed by atoms with Gasteiger partial charge in [0, 0.05) is 18.2 Å². The van der Waals surface area contributed by atoms with E-state index < -0.39 is 0 Å². The molecule has 6 heteroatoms. The first-order valence-corrected chi connectivity index (χ1v) is 7.09. The van der Waals surface area contributed by atoms with Crippen LogP contribution in [0.5, 0.6) is 0 Å². The fraction of sp³-hybridized carbons (Fsp3) is 0.286. The molecule has 5 nitrogen and oxygen atoms in total. The molecule has 0 fully saturated rings. The maximum absolute atomic E-state index is 11.9. The van der Waals surface area contributed by atoms with Crippen LogP contribution < -0.4 is 5.32 Å². The number of amides is 1. The molecule has 0 aliphatic heterocycles. The third-order valence-electron chi connectivity index (χ3n) is 2.55. The van der Waals surface area contributed by atoms with Gasteiger partial charge in [0.25, 0.3) is 5.91 Å². The number of nitrogens with zero attached hydrogens (tertiary/aromatic N) is 1. The highest BCUT2D eigenvalue weighted by atomic mass is 32.1. The average molecular weight is 292 g/mol. The molecule has 0 spiro atoms. The second-order valence-electron chi connectivity index (χ2n) is 4.07. The maximum Gasteiger partial charge on any atom is 0.275 e. The number of anilines is 1. The van der Waals surface area contributed by atoms with E-state index in [1.165, 1.54) is 11.3 Å². The zero-order chi connectivity index (χ0) is 14.2. The Balaban J connectivity index is 1.90. The minimum absolute atomic E-state index is 0.205. The minimum atomic E-state index is -0.205. The second kappa shape index (κ2) is 7.74. The Morgan fingerprint density at radius 1 is 1.40 bits per heavy atom. The normalized spacial score (nSPS) is 10.4. The summed E-state index contributed by atoms with van der Waals surface area (Å²) >= 11 is 1.39. The largest absolute Gasteiger partial charge is 0.382 e. The van der Waals surface area contributed by atoms with Crippen LogP contribution >= 0.6 is 11.3 Å². The summed E-state index contributed by atoms with van der Waals surface area (Å²) < 4.78 is 10.4. The Bertz CT molecular complexity index is 543. The third-order valence-corrected chi connectivity index (χ3v) is 3.14. The van der Waals surface area contributed by atoms with E-state index in [2.05, 4.69) is 10.3 Å². The van der Waals surface area contributed by atoms with Gasteiger partial charge >= 0.3 is 0 Å². The lowest BCUT2D eigenvalue weighted by Gasteiger charge is -2.07. The fourth-order valence-electron chi connectivity index (χ4n) is 1.59. The molecule has 0 radical (unpaired) electrons. The Hall–Kier alpha value is -1.76. The van der Waals surface area contributed by atoms with Crippen molar-refractivity contribution in [1.82, 2.24) is 4.98 Å². The van der Waals surface area contributed by atoms with Crippen molar-refractivity contribution >= 4 is 22.9 Å². The number of rotatable bonds is 7. The van der Waals surface area contributed by atoms with E-state index in [1.807, 2.05) is 24.3 Å². The number of hydrogen-bond acceptors (Lipinski definition) is 5. The van der Waals surface area contributed by atoms with E-state index in [0.717, 1.165) is 11.3 Å².